The SMILES string of the molecule is CN1/C(=C/c2cc[n+](CCC[N+](C)(C)C)cc2)Sc2ccccc21. The molecule has 0 saturated carbocycles. The molecule has 0 aliphatic carbocycles. The van der Waals surface area contributed by atoms with Gasteiger partial charge in [-0.05, 0) is 23.8 Å². The van der Waals surface area contributed by atoms with Gasteiger partial charge in [-0.1, -0.05) is 23.9 Å². The highest BCUT2D eigenvalue weighted by molar-refractivity contribution is 8.03. The number of hydrogen-bond acceptors (Lipinski definition) is 2. The quantitative estimate of drug-likeness (QED) is 0.606. The highest BCUT2D eigenvalue weighted by atomic mass is 32.2. The number of fused-ring (bicyclic) bond motifs is 1. The van der Waals surface area contributed by atoms with Gasteiger partial charge in [0.05, 0.1) is 44.8 Å². The molecule has 0 bridgehead atoms. The van der Waals surface area contributed by atoms with Crippen molar-refractivity contribution in [2.45, 2.75) is 17.9 Å². The fourth-order valence-corrected chi connectivity index (χ4v) is 3.94. The first-order valence-electron chi connectivity index (χ1n) is 8.44. The minimum Gasteiger partial charge on any atom is -0.338 e. The maximum atomic E-state index is 2.28. The molecule has 0 amide bonds. The van der Waals surface area contributed by atoms with Crippen molar-refractivity contribution in [1.29, 1.82) is 0 Å². The number of anilines is 1. The lowest BCUT2D eigenvalue weighted by molar-refractivity contribution is -0.873. The number of benzene rings is 1. The summed E-state index contributed by atoms with van der Waals surface area (Å²) in [5.74, 6) is 0. The van der Waals surface area contributed by atoms with E-state index in [9.17, 15) is 0 Å². The molecule has 0 unspecified atom stereocenters. The standard InChI is InChI=1S/C20H27N3S/c1-21-18-8-5-6-9-19(18)24-20(21)16-17-10-13-22(14-11-17)12-7-15-23(2,3)4/h5-6,8-11,13-14,16H,7,12,15H2,1-4H3/q+2. The van der Waals surface area contributed by atoms with Crippen LogP contribution in [0.4, 0.5) is 5.69 Å². The number of aryl methyl sites for hydroxylation is 1. The Kier molecular flexibility index (Phi) is 4.97. The van der Waals surface area contributed by atoms with Crippen LogP contribution in [0.3, 0.4) is 0 Å². The van der Waals surface area contributed by atoms with Gasteiger partial charge < -0.3 is 9.38 Å². The van der Waals surface area contributed by atoms with Crippen LogP contribution in [0.25, 0.3) is 6.08 Å². The highest BCUT2D eigenvalue weighted by Crippen LogP contribution is 2.45. The third kappa shape index (κ3) is 4.19. The Morgan fingerprint density at radius 3 is 2.46 bits per heavy atom. The van der Waals surface area contributed by atoms with E-state index >= 15 is 0 Å². The summed E-state index contributed by atoms with van der Waals surface area (Å²) in [5, 5.41) is 1.28. The predicted molar refractivity (Wildman–Crippen MR) is 103 cm³/mol. The Morgan fingerprint density at radius 2 is 1.79 bits per heavy atom. The van der Waals surface area contributed by atoms with Gasteiger partial charge >= 0.3 is 0 Å². The summed E-state index contributed by atoms with van der Waals surface area (Å²) >= 11 is 1.84. The maximum Gasteiger partial charge on any atom is 0.169 e. The van der Waals surface area contributed by atoms with Gasteiger partial charge in [0.2, 0.25) is 0 Å². The number of thioether (sulfide) groups is 1. The van der Waals surface area contributed by atoms with E-state index in [0.717, 1.165) is 11.0 Å². The molecule has 4 heteroatoms. The number of rotatable bonds is 5. The fourth-order valence-electron chi connectivity index (χ4n) is 2.83. The van der Waals surface area contributed by atoms with E-state index in [1.165, 1.54) is 34.1 Å². The van der Waals surface area contributed by atoms with Crippen molar-refractivity contribution in [2.75, 3.05) is 39.6 Å². The molecule has 24 heavy (non-hydrogen) atoms. The molecule has 0 N–H and O–H groups in total. The third-order valence-corrected chi connectivity index (χ3v) is 5.39. The number of nitrogens with zero attached hydrogens (tertiary/aromatic N) is 3. The zero-order valence-electron chi connectivity index (χ0n) is 15.1. The highest BCUT2D eigenvalue weighted by Gasteiger charge is 2.21. The van der Waals surface area contributed by atoms with E-state index in [1.807, 2.05) is 11.8 Å². The Hall–Kier alpha value is -1.78. The van der Waals surface area contributed by atoms with E-state index in [0.29, 0.717) is 0 Å². The van der Waals surface area contributed by atoms with Crippen molar-refractivity contribution >= 4 is 23.5 Å². The average Bonchev–Trinajstić information content (AvgIpc) is 2.85. The molecule has 2 aromatic rings. The zero-order valence-corrected chi connectivity index (χ0v) is 15.9. The molecule has 0 fully saturated rings. The summed E-state index contributed by atoms with van der Waals surface area (Å²) in [4.78, 5) is 3.60. The Bertz CT molecular complexity index is 729. The average molecular weight is 342 g/mol. The molecule has 126 valence electrons. The topological polar surface area (TPSA) is 7.12 Å². The predicted octanol–water partition coefficient (Wildman–Crippen LogP) is 3.61. The molecule has 1 aliphatic heterocycles. The van der Waals surface area contributed by atoms with Crippen molar-refractivity contribution in [3.05, 3.63) is 59.4 Å². The van der Waals surface area contributed by atoms with Gasteiger partial charge in [-0.3, -0.25) is 0 Å². The van der Waals surface area contributed by atoms with Crippen LogP contribution in [-0.2, 0) is 6.54 Å². The van der Waals surface area contributed by atoms with Crippen LogP contribution < -0.4 is 9.47 Å². The molecule has 1 aliphatic rings. The number of aromatic nitrogens is 1. The second-order valence-electron chi connectivity index (χ2n) is 7.35. The number of quaternary nitrogens is 1. The Balaban J connectivity index is 1.65. The van der Waals surface area contributed by atoms with Gasteiger partial charge in [0, 0.05) is 24.1 Å². The lowest BCUT2D eigenvalue weighted by Crippen LogP contribution is -2.39. The van der Waals surface area contributed by atoms with E-state index in [4.69, 9.17) is 0 Å². The van der Waals surface area contributed by atoms with Gasteiger partial charge in [0.15, 0.2) is 18.9 Å². The van der Waals surface area contributed by atoms with Crippen LogP contribution in [0.5, 0.6) is 0 Å². The van der Waals surface area contributed by atoms with Crippen LogP contribution in [0.1, 0.15) is 12.0 Å². The van der Waals surface area contributed by atoms with Crippen LogP contribution in [0.2, 0.25) is 0 Å². The molecule has 3 nitrogen and oxygen atoms in total. The molecule has 0 saturated heterocycles. The molecule has 0 radical (unpaired) electrons. The van der Waals surface area contributed by atoms with Crippen molar-refractivity contribution in [3.8, 4) is 0 Å². The normalized spacial score (nSPS) is 15.8. The second-order valence-corrected chi connectivity index (χ2v) is 8.41. The minimum atomic E-state index is 1.02. The fraction of sp³-hybridized carbons (Fsp3) is 0.350. The number of hydrogen-bond donors (Lipinski definition) is 0. The van der Waals surface area contributed by atoms with Crippen LogP contribution in [-0.4, -0.2) is 39.2 Å². The Morgan fingerprint density at radius 1 is 1.08 bits per heavy atom. The summed E-state index contributed by atoms with van der Waals surface area (Å²) < 4.78 is 3.30. The molecule has 0 spiro atoms. The maximum absolute atomic E-state index is 2.28. The molecule has 3 rings (SSSR count). The van der Waals surface area contributed by atoms with Crippen molar-refractivity contribution in [3.63, 3.8) is 0 Å². The molecule has 0 atom stereocenters. The van der Waals surface area contributed by atoms with Gasteiger partial charge in [-0.2, -0.15) is 0 Å². The van der Waals surface area contributed by atoms with Crippen molar-refractivity contribution < 1.29 is 9.05 Å². The largest absolute Gasteiger partial charge is 0.338 e. The van der Waals surface area contributed by atoms with Gasteiger partial charge in [0.1, 0.15) is 0 Å². The Labute approximate surface area is 149 Å². The molecular formula is C20H27N3S+2. The van der Waals surface area contributed by atoms with Crippen molar-refractivity contribution in [2.24, 2.45) is 0 Å². The first kappa shape index (κ1) is 17.1. The lowest BCUT2D eigenvalue weighted by atomic mass is 10.2. The summed E-state index contributed by atoms with van der Waals surface area (Å²) in [7, 11) is 8.87. The lowest BCUT2D eigenvalue weighted by Gasteiger charge is -2.22. The van der Waals surface area contributed by atoms with Crippen LogP contribution >= 0.6 is 11.8 Å². The summed E-state index contributed by atoms with van der Waals surface area (Å²) in [6, 6.07) is 13.0. The van der Waals surface area contributed by atoms with E-state index in [-0.39, 0.29) is 0 Å². The smallest absolute Gasteiger partial charge is 0.169 e. The first-order chi connectivity index (χ1) is 11.4. The summed E-state index contributed by atoms with van der Waals surface area (Å²) in [6.45, 7) is 2.27. The minimum absolute atomic E-state index is 1.02. The first-order valence-corrected chi connectivity index (χ1v) is 9.26. The monoisotopic (exact) mass is 341 g/mol. The zero-order chi connectivity index (χ0) is 17.2. The molecule has 2 heterocycles. The molecule has 1 aromatic carbocycles. The van der Waals surface area contributed by atoms with Crippen LogP contribution in [0, 0.1) is 0 Å². The van der Waals surface area contributed by atoms with E-state index < -0.39 is 0 Å². The second kappa shape index (κ2) is 6.99. The summed E-state index contributed by atoms with van der Waals surface area (Å²) in [5.41, 5.74) is 2.54. The van der Waals surface area contributed by atoms with E-state index in [1.54, 1.807) is 0 Å². The van der Waals surface area contributed by atoms with Gasteiger partial charge in [0.25, 0.3) is 0 Å². The molecule has 1 aromatic heterocycles. The van der Waals surface area contributed by atoms with Gasteiger partial charge in [-0.15, -0.1) is 0 Å². The number of para-hydroxylation sites is 1. The number of pyridine rings is 1. The van der Waals surface area contributed by atoms with Crippen LogP contribution in [0.15, 0.2) is 58.7 Å². The van der Waals surface area contributed by atoms with Gasteiger partial charge in [-0.25, -0.2) is 4.57 Å². The molecular weight excluding hydrogens is 314 g/mol. The van der Waals surface area contributed by atoms with Crippen molar-refractivity contribution in [1.82, 2.24) is 0 Å². The third-order valence-electron chi connectivity index (χ3n) is 4.22. The van der Waals surface area contributed by atoms with E-state index in [2.05, 4.69) is 92.5 Å². The summed E-state index contributed by atoms with van der Waals surface area (Å²) in [6.07, 6.45) is 7.84.